The van der Waals surface area contributed by atoms with E-state index in [2.05, 4.69) is 4.98 Å². The van der Waals surface area contributed by atoms with E-state index in [-0.39, 0.29) is 5.56 Å². The van der Waals surface area contributed by atoms with Crippen LogP contribution in [0.15, 0.2) is 42.6 Å². The zero-order valence-electron chi connectivity index (χ0n) is 10.7. The Labute approximate surface area is 120 Å². The number of aromatic nitrogens is 2. The number of pyridine rings is 1. The molecule has 0 spiro atoms. The number of fused-ring (bicyclic) bond motifs is 1. The van der Waals surface area contributed by atoms with Crippen molar-refractivity contribution in [2.24, 2.45) is 7.05 Å². The molecule has 0 atom stereocenters. The van der Waals surface area contributed by atoms with Crippen molar-refractivity contribution in [2.75, 3.05) is 0 Å². The predicted molar refractivity (Wildman–Crippen MR) is 78.1 cm³/mol. The van der Waals surface area contributed by atoms with Crippen molar-refractivity contribution in [3.8, 4) is 11.4 Å². The summed E-state index contributed by atoms with van der Waals surface area (Å²) in [7, 11) is 1.91. The number of halogens is 1. The lowest BCUT2D eigenvalue weighted by molar-refractivity contribution is 0.0697. The number of carboxylic acids is 1. The third kappa shape index (κ3) is 1.94. The van der Waals surface area contributed by atoms with Crippen LogP contribution >= 0.6 is 11.6 Å². The van der Waals surface area contributed by atoms with Crippen LogP contribution in [0.2, 0.25) is 5.02 Å². The molecule has 0 aliphatic rings. The minimum atomic E-state index is -0.967. The predicted octanol–water partition coefficient (Wildman–Crippen LogP) is 3.59. The summed E-state index contributed by atoms with van der Waals surface area (Å²) >= 11 is 6.18. The highest BCUT2D eigenvalue weighted by Gasteiger charge is 2.12. The quantitative estimate of drug-likeness (QED) is 0.783. The zero-order chi connectivity index (χ0) is 14.3. The molecule has 5 heteroatoms. The first-order valence-corrected chi connectivity index (χ1v) is 6.39. The van der Waals surface area contributed by atoms with Crippen molar-refractivity contribution in [3.05, 3.63) is 53.2 Å². The van der Waals surface area contributed by atoms with Gasteiger partial charge in [0.05, 0.1) is 17.0 Å². The molecular weight excluding hydrogens is 276 g/mol. The minimum absolute atomic E-state index is 0.214. The van der Waals surface area contributed by atoms with Crippen LogP contribution in [0, 0.1) is 0 Å². The van der Waals surface area contributed by atoms with Gasteiger partial charge in [0.15, 0.2) is 0 Å². The Morgan fingerprint density at radius 1 is 1.30 bits per heavy atom. The minimum Gasteiger partial charge on any atom is -0.478 e. The standard InChI is InChI=1S/C15H11ClN2O2/c1-18-13-4-2-3-11(16)10(13)8-14(18)12-7-9(15(19)20)5-6-17-12/h2-8H,1H3,(H,19,20). The highest BCUT2D eigenvalue weighted by Crippen LogP contribution is 2.30. The van der Waals surface area contributed by atoms with Gasteiger partial charge in [-0.05, 0) is 30.3 Å². The van der Waals surface area contributed by atoms with Crippen LogP contribution in [0.4, 0.5) is 0 Å². The Hall–Kier alpha value is -2.33. The largest absolute Gasteiger partial charge is 0.478 e. The van der Waals surface area contributed by atoms with E-state index >= 15 is 0 Å². The molecule has 2 aromatic heterocycles. The van der Waals surface area contributed by atoms with Gasteiger partial charge in [-0.2, -0.15) is 0 Å². The molecule has 0 fully saturated rings. The number of benzene rings is 1. The molecule has 3 aromatic rings. The van der Waals surface area contributed by atoms with Gasteiger partial charge in [0.1, 0.15) is 0 Å². The summed E-state index contributed by atoms with van der Waals surface area (Å²) < 4.78 is 1.95. The Balaban J connectivity index is 2.25. The van der Waals surface area contributed by atoms with Gasteiger partial charge in [0, 0.05) is 29.2 Å². The maximum Gasteiger partial charge on any atom is 0.335 e. The normalized spacial score (nSPS) is 10.9. The molecule has 1 N–H and O–H groups in total. The molecule has 2 heterocycles. The van der Waals surface area contributed by atoms with Gasteiger partial charge in [-0.15, -0.1) is 0 Å². The number of hydrogen-bond acceptors (Lipinski definition) is 2. The molecule has 0 radical (unpaired) electrons. The first kappa shape index (κ1) is 12.7. The molecular formula is C15H11ClN2O2. The van der Waals surface area contributed by atoms with E-state index in [1.54, 1.807) is 6.07 Å². The van der Waals surface area contributed by atoms with Gasteiger partial charge in [-0.3, -0.25) is 4.98 Å². The molecule has 20 heavy (non-hydrogen) atoms. The fourth-order valence-electron chi connectivity index (χ4n) is 2.27. The maximum absolute atomic E-state index is 11.0. The molecule has 3 rings (SSSR count). The monoisotopic (exact) mass is 286 g/mol. The second-order valence-corrected chi connectivity index (χ2v) is 4.90. The average molecular weight is 287 g/mol. The van der Waals surface area contributed by atoms with Crippen LogP contribution in [0.5, 0.6) is 0 Å². The summed E-state index contributed by atoms with van der Waals surface area (Å²) in [5.74, 6) is -0.967. The van der Waals surface area contributed by atoms with Gasteiger partial charge in [0.25, 0.3) is 0 Å². The molecule has 0 saturated carbocycles. The van der Waals surface area contributed by atoms with Crippen molar-refractivity contribution < 1.29 is 9.90 Å². The topological polar surface area (TPSA) is 55.1 Å². The first-order chi connectivity index (χ1) is 9.58. The Morgan fingerprint density at radius 3 is 2.80 bits per heavy atom. The van der Waals surface area contributed by atoms with Crippen LogP contribution in [0.1, 0.15) is 10.4 Å². The summed E-state index contributed by atoms with van der Waals surface area (Å²) in [5, 5.41) is 10.6. The molecule has 0 aliphatic carbocycles. The summed E-state index contributed by atoms with van der Waals surface area (Å²) in [5.41, 5.74) is 2.64. The lowest BCUT2D eigenvalue weighted by Gasteiger charge is -2.04. The summed E-state index contributed by atoms with van der Waals surface area (Å²) in [4.78, 5) is 15.3. The molecule has 0 amide bonds. The van der Waals surface area contributed by atoms with Crippen molar-refractivity contribution in [1.29, 1.82) is 0 Å². The molecule has 4 nitrogen and oxygen atoms in total. The number of carbonyl (C=O) groups is 1. The van der Waals surface area contributed by atoms with E-state index in [9.17, 15) is 4.79 Å². The van der Waals surface area contributed by atoms with Crippen LogP contribution in [-0.2, 0) is 7.05 Å². The molecule has 100 valence electrons. The third-order valence-electron chi connectivity index (χ3n) is 3.30. The third-order valence-corrected chi connectivity index (χ3v) is 3.63. The number of nitrogens with zero attached hydrogens (tertiary/aromatic N) is 2. The molecule has 0 saturated heterocycles. The summed E-state index contributed by atoms with van der Waals surface area (Å²) in [6.45, 7) is 0. The van der Waals surface area contributed by atoms with Gasteiger partial charge >= 0.3 is 5.97 Å². The Kier molecular flexibility index (Phi) is 2.95. The van der Waals surface area contributed by atoms with E-state index in [0.29, 0.717) is 10.7 Å². The van der Waals surface area contributed by atoms with E-state index in [1.807, 2.05) is 35.9 Å². The van der Waals surface area contributed by atoms with E-state index in [0.717, 1.165) is 16.6 Å². The first-order valence-electron chi connectivity index (χ1n) is 6.01. The lowest BCUT2D eigenvalue weighted by atomic mass is 10.2. The smallest absolute Gasteiger partial charge is 0.335 e. The molecule has 0 unspecified atom stereocenters. The van der Waals surface area contributed by atoms with Crippen LogP contribution in [-0.4, -0.2) is 20.6 Å². The highest BCUT2D eigenvalue weighted by atomic mass is 35.5. The van der Waals surface area contributed by atoms with Gasteiger partial charge in [-0.25, -0.2) is 4.79 Å². The highest BCUT2D eigenvalue weighted by molar-refractivity contribution is 6.35. The summed E-state index contributed by atoms with van der Waals surface area (Å²) in [6.07, 6.45) is 1.50. The Morgan fingerprint density at radius 2 is 2.10 bits per heavy atom. The number of aryl methyl sites for hydroxylation is 1. The molecule has 0 aliphatic heterocycles. The Bertz CT molecular complexity index is 824. The SMILES string of the molecule is Cn1c(-c2cc(C(=O)O)ccn2)cc2c(Cl)cccc21. The lowest BCUT2D eigenvalue weighted by Crippen LogP contribution is -1.99. The van der Waals surface area contributed by atoms with E-state index < -0.39 is 5.97 Å². The van der Waals surface area contributed by atoms with Crippen molar-refractivity contribution in [1.82, 2.24) is 9.55 Å². The zero-order valence-corrected chi connectivity index (χ0v) is 11.4. The van der Waals surface area contributed by atoms with Gasteiger partial charge < -0.3 is 9.67 Å². The fourth-order valence-corrected chi connectivity index (χ4v) is 2.50. The fraction of sp³-hybridized carbons (Fsp3) is 0.0667. The number of rotatable bonds is 2. The molecule has 1 aromatic carbocycles. The number of carboxylic acid groups (broad SMARTS) is 1. The van der Waals surface area contributed by atoms with E-state index in [4.69, 9.17) is 16.7 Å². The van der Waals surface area contributed by atoms with Gasteiger partial charge in [-0.1, -0.05) is 17.7 Å². The second-order valence-electron chi connectivity index (χ2n) is 4.50. The second kappa shape index (κ2) is 4.65. The molecule has 0 bridgehead atoms. The summed E-state index contributed by atoms with van der Waals surface area (Å²) in [6, 6.07) is 10.6. The number of aromatic carboxylic acids is 1. The average Bonchev–Trinajstić information content (AvgIpc) is 2.78. The van der Waals surface area contributed by atoms with Crippen molar-refractivity contribution in [3.63, 3.8) is 0 Å². The van der Waals surface area contributed by atoms with E-state index in [1.165, 1.54) is 12.3 Å². The van der Waals surface area contributed by atoms with Gasteiger partial charge in [0.2, 0.25) is 0 Å². The number of hydrogen-bond donors (Lipinski definition) is 1. The van der Waals surface area contributed by atoms with Crippen LogP contribution in [0.25, 0.3) is 22.3 Å². The maximum atomic E-state index is 11.0. The van der Waals surface area contributed by atoms with Crippen LogP contribution in [0.3, 0.4) is 0 Å². The van der Waals surface area contributed by atoms with Crippen molar-refractivity contribution in [2.45, 2.75) is 0 Å². The van der Waals surface area contributed by atoms with Crippen LogP contribution < -0.4 is 0 Å². The van der Waals surface area contributed by atoms with Crippen molar-refractivity contribution >= 4 is 28.5 Å².